The number of phenolic OH excluding ortho intramolecular Hbond substituents is 1. The summed E-state index contributed by atoms with van der Waals surface area (Å²) in [5, 5.41) is 12.8. The number of ether oxygens (including phenoxy) is 1. The molecule has 0 aliphatic rings. The Hall–Kier alpha value is -1.84. The molecule has 1 atom stereocenters. The second-order valence-electron chi connectivity index (χ2n) is 4.95. The molecule has 0 amide bonds. The van der Waals surface area contributed by atoms with Crippen molar-refractivity contribution >= 4 is 0 Å². The van der Waals surface area contributed by atoms with E-state index in [9.17, 15) is 5.11 Å². The summed E-state index contributed by atoms with van der Waals surface area (Å²) in [7, 11) is 1.71. The maximum atomic E-state index is 9.30. The van der Waals surface area contributed by atoms with Crippen LogP contribution < -0.4 is 5.32 Å². The number of phenols is 1. The van der Waals surface area contributed by atoms with Gasteiger partial charge in [0.2, 0.25) is 0 Å². The normalized spacial score (nSPS) is 12.3. The molecule has 0 fully saturated rings. The number of rotatable bonds is 6. The molecule has 0 aromatic heterocycles. The highest BCUT2D eigenvalue weighted by atomic mass is 16.5. The Kier molecular flexibility index (Phi) is 5.16. The van der Waals surface area contributed by atoms with E-state index in [1.807, 2.05) is 12.1 Å². The summed E-state index contributed by atoms with van der Waals surface area (Å²) in [6.07, 6.45) is 0. The fourth-order valence-corrected chi connectivity index (χ4v) is 2.15. The minimum Gasteiger partial charge on any atom is -0.508 e. The molecule has 0 saturated carbocycles. The van der Waals surface area contributed by atoms with Gasteiger partial charge in [0.1, 0.15) is 5.75 Å². The predicted molar refractivity (Wildman–Crippen MR) is 80.5 cm³/mol. The van der Waals surface area contributed by atoms with Crippen molar-refractivity contribution in [3.8, 4) is 5.75 Å². The first kappa shape index (κ1) is 14.6. The topological polar surface area (TPSA) is 41.5 Å². The fraction of sp³-hybridized carbons (Fsp3) is 0.294. The van der Waals surface area contributed by atoms with Gasteiger partial charge in [0.05, 0.1) is 6.61 Å². The van der Waals surface area contributed by atoms with E-state index in [0.717, 1.165) is 12.1 Å². The van der Waals surface area contributed by atoms with Crippen LogP contribution in [0.4, 0.5) is 0 Å². The summed E-state index contributed by atoms with van der Waals surface area (Å²) in [4.78, 5) is 0. The molecule has 0 aliphatic carbocycles. The Morgan fingerprint density at radius 2 is 1.80 bits per heavy atom. The Morgan fingerprint density at radius 1 is 1.10 bits per heavy atom. The van der Waals surface area contributed by atoms with Crippen molar-refractivity contribution in [2.75, 3.05) is 7.11 Å². The van der Waals surface area contributed by atoms with E-state index < -0.39 is 0 Å². The van der Waals surface area contributed by atoms with E-state index in [2.05, 4.69) is 36.5 Å². The van der Waals surface area contributed by atoms with E-state index >= 15 is 0 Å². The van der Waals surface area contributed by atoms with Crippen LogP contribution in [-0.4, -0.2) is 12.2 Å². The zero-order valence-electron chi connectivity index (χ0n) is 12.0. The Labute approximate surface area is 120 Å². The summed E-state index contributed by atoms with van der Waals surface area (Å²) < 4.78 is 5.14. The van der Waals surface area contributed by atoms with Crippen molar-refractivity contribution in [2.24, 2.45) is 0 Å². The largest absolute Gasteiger partial charge is 0.508 e. The van der Waals surface area contributed by atoms with E-state index in [0.29, 0.717) is 12.4 Å². The van der Waals surface area contributed by atoms with Crippen LogP contribution >= 0.6 is 0 Å². The van der Waals surface area contributed by atoms with Gasteiger partial charge in [0, 0.05) is 19.7 Å². The third-order valence-electron chi connectivity index (χ3n) is 3.31. The van der Waals surface area contributed by atoms with Crippen molar-refractivity contribution in [3.05, 3.63) is 65.2 Å². The summed E-state index contributed by atoms with van der Waals surface area (Å²) in [6, 6.07) is 15.9. The lowest BCUT2D eigenvalue weighted by Crippen LogP contribution is -2.18. The maximum Gasteiger partial charge on any atom is 0.115 e. The van der Waals surface area contributed by atoms with E-state index in [1.165, 1.54) is 11.1 Å². The smallest absolute Gasteiger partial charge is 0.115 e. The van der Waals surface area contributed by atoms with Crippen molar-refractivity contribution < 1.29 is 9.84 Å². The number of hydrogen-bond acceptors (Lipinski definition) is 3. The first-order valence-corrected chi connectivity index (χ1v) is 6.78. The molecule has 2 aromatic carbocycles. The van der Waals surface area contributed by atoms with Gasteiger partial charge in [-0.1, -0.05) is 36.4 Å². The first-order chi connectivity index (χ1) is 9.69. The van der Waals surface area contributed by atoms with Crippen molar-refractivity contribution in [2.45, 2.75) is 26.1 Å². The summed E-state index contributed by atoms with van der Waals surface area (Å²) in [5.74, 6) is 0.299. The average molecular weight is 271 g/mol. The van der Waals surface area contributed by atoms with Crippen molar-refractivity contribution in [1.82, 2.24) is 5.32 Å². The van der Waals surface area contributed by atoms with Crippen molar-refractivity contribution in [1.29, 1.82) is 0 Å². The lowest BCUT2D eigenvalue weighted by Gasteiger charge is -2.15. The van der Waals surface area contributed by atoms with Gasteiger partial charge in [-0.2, -0.15) is 0 Å². The second kappa shape index (κ2) is 7.08. The Morgan fingerprint density at radius 3 is 2.50 bits per heavy atom. The number of benzene rings is 2. The minimum atomic E-state index is 0.238. The molecule has 0 bridgehead atoms. The molecule has 2 N–H and O–H groups in total. The highest BCUT2D eigenvalue weighted by Crippen LogP contribution is 2.17. The number of aromatic hydroxyl groups is 1. The highest BCUT2D eigenvalue weighted by molar-refractivity contribution is 5.28. The molecular weight excluding hydrogens is 250 g/mol. The number of nitrogens with one attached hydrogen (secondary N) is 1. The van der Waals surface area contributed by atoms with Crippen LogP contribution in [0, 0.1) is 0 Å². The van der Waals surface area contributed by atoms with E-state index in [4.69, 9.17) is 4.74 Å². The average Bonchev–Trinajstić information content (AvgIpc) is 2.46. The SMILES string of the molecule is COCc1cccc(CNC(C)c2ccc(O)cc2)c1. The minimum absolute atomic E-state index is 0.238. The molecule has 106 valence electrons. The monoisotopic (exact) mass is 271 g/mol. The van der Waals surface area contributed by atoms with Gasteiger partial charge < -0.3 is 15.2 Å². The van der Waals surface area contributed by atoms with Gasteiger partial charge in [0.15, 0.2) is 0 Å². The third-order valence-corrected chi connectivity index (χ3v) is 3.31. The molecule has 3 nitrogen and oxygen atoms in total. The van der Waals surface area contributed by atoms with Gasteiger partial charge in [-0.15, -0.1) is 0 Å². The zero-order valence-corrected chi connectivity index (χ0v) is 12.0. The van der Waals surface area contributed by atoms with Gasteiger partial charge in [0.25, 0.3) is 0 Å². The zero-order chi connectivity index (χ0) is 14.4. The molecule has 0 heterocycles. The molecule has 0 radical (unpaired) electrons. The maximum absolute atomic E-state index is 9.30. The molecule has 0 spiro atoms. The summed E-state index contributed by atoms with van der Waals surface area (Å²) in [6.45, 7) is 3.56. The third kappa shape index (κ3) is 4.08. The second-order valence-corrected chi connectivity index (χ2v) is 4.95. The molecular formula is C17H21NO2. The molecule has 0 aliphatic heterocycles. The predicted octanol–water partition coefficient (Wildman–Crippen LogP) is 3.39. The Balaban J connectivity index is 1.94. The number of methoxy groups -OCH3 is 1. The quantitative estimate of drug-likeness (QED) is 0.846. The molecule has 3 heteroatoms. The lowest BCUT2D eigenvalue weighted by molar-refractivity contribution is 0.185. The van der Waals surface area contributed by atoms with E-state index in [-0.39, 0.29) is 6.04 Å². The first-order valence-electron chi connectivity index (χ1n) is 6.78. The highest BCUT2D eigenvalue weighted by Gasteiger charge is 2.05. The molecule has 20 heavy (non-hydrogen) atoms. The summed E-state index contributed by atoms with van der Waals surface area (Å²) in [5.41, 5.74) is 3.59. The standard InChI is InChI=1S/C17H21NO2/c1-13(16-6-8-17(19)9-7-16)18-11-14-4-3-5-15(10-14)12-20-2/h3-10,13,18-19H,11-12H2,1-2H3. The fourth-order valence-electron chi connectivity index (χ4n) is 2.15. The molecule has 0 saturated heterocycles. The lowest BCUT2D eigenvalue weighted by atomic mass is 10.1. The summed E-state index contributed by atoms with van der Waals surface area (Å²) >= 11 is 0. The molecule has 1 unspecified atom stereocenters. The van der Waals surface area contributed by atoms with Gasteiger partial charge in [-0.25, -0.2) is 0 Å². The van der Waals surface area contributed by atoms with Crippen LogP contribution in [0.1, 0.15) is 29.7 Å². The van der Waals surface area contributed by atoms with Gasteiger partial charge in [-0.3, -0.25) is 0 Å². The number of hydrogen-bond donors (Lipinski definition) is 2. The Bertz CT molecular complexity index is 537. The van der Waals surface area contributed by atoms with Crippen LogP contribution in [0.5, 0.6) is 5.75 Å². The molecule has 2 rings (SSSR count). The molecule has 2 aromatic rings. The van der Waals surface area contributed by atoms with Crippen LogP contribution in [-0.2, 0) is 17.9 Å². The van der Waals surface area contributed by atoms with Crippen molar-refractivity contribution in [3.63, 3.8) is 0 Å². The van der Waals surface area contributed by atoms with Crippen LogP contribution in [0.3, 0.4) is 0 Å². The van der Waals surface area contributed by atoms with Crippen LogP contribution in [0.15, 0.2) is 48.5 Å². The van der Waals surface area contributed by atoms with Gasteiger partial charge in [-0.05, 0) is 35.7 Å². The van der Waals surface area contributed by atoms with Crippen LogP contribution in [0.25, 0.3) is 0 Å². The van der Waals surface area contributed by atoms with Gasteiger partial charge >= 0.3 is 0 Å². The van der Waals surface area contributed by atoms with E-state index in [1.54, 1.807) is 19.2 Å². The van der Waals surface area contributed by atoms with Crippen LogP contribution in [0.2, 0.25) is 0 Å².